The molecule has 0 saturated carbocycles. The van der Waals surface area contributed by atoms with Gasteiger partial charge in [0.05, 0.1) is 6.33 Å². The van der Waals surface area contributed by atoms with Crippen LogP contribution in [-0.2, 0) is 6.42 Å². The van der Waals surface area contributed by atoms with E-state index in [1.54, 1.807) is 6.33 Å². The van der Waals surface area contributed by atoms with Crippen LogP contribution in [-0.4, -0.2) is 27.2 Å². The molecule has 2 aromatic heterocycles. The van der Waals surface area contributed by atoms with Crippen LogP contribution in [0.5, 0.6) is 0 Å². The molecule has 3 heterocycles. The van der Waals surface area contributed by atoms with Gasteiger partial charge in [0.15, 0.2) is 17.2 Å². The number of rotatable bonds is 1. The molecule has 0 atom stereocenters. The zero-order valence-corrected chi connectivity index (χ0v) is 10.2. The first-order valence-electron chi connectivity index (χ1n) is 6.06. The summed E-state index contributed by atoms with van der Waals surface area (Å²) in [6.07, 6.45) is 2.32. The van der Waals surface area contributed by atoms with Gasteiger partial charge in [0, 0.05) is 18.7 Å². The molecule has 0 bridgehead atoms. The SMILES string of the molecule is Fc1ccc2oc(C3=NCCc4[nH]cnc43)nc2c1F. The number of nitrogens with one attached hydrogen (secondary N) is 1. The highest BCUT2D eigenvalue weighted by Gasteiger charge is 2.24. The van der Waals surface area contributed by atoms with Crippen molar-refractivity contribution in [3.8, 4) is 0 Å². The fourth-order valence-corrected chi connectivity index (χ4v) is 2.28. The third-order valence-electron chi connectivity index (χ3n) is 3.23. The van der Waals surface area contributed by atoms with Crippen molar-refractivity contribution in [3.63, 3.8) is 0 Å². The summed E-state index contributed by atoms with van der Waals surface area (Å²) in [5, 5.41) is 0. The van der Waals surface area contributed by atoms with Crippen molar-refractivity contribution in [2.24, 2.45) is 4.99 Å². The predicted octanol–water partition coefficient (Wildman–Crippen LogP) is 2.22. The number of fused-ring (bicyclic) bond motifs is 2. The first kappa shape index (κ1) is 11.3. The maximum Gasteiger partial charge on any atom is 0.248 e. The van der Waals surface area contributed by atoms with E-state index in [2.05, 4.69) is 19.9 Å². The van der Waals surface area contributed by atoms with Gasteiger partial charge in [-0.15, -0.1) is 0 Å². The fraction of sp³-hybridized carbons (Fsp3) is 0.154. The molecular weight excluding hydrogens is 266 g/mol. The quantitative estimate of drug-likeness (QED) is 0.739. The molecule has 1 aliphatic heterocycles. The summed E-state index contributed by atoms with van der Waals surface area (Å²) < 4.78 is 32.3. The molecule has 0 radical (unpaired) electrons. The van der Waals surface area contributed by atoms with Crippen LogP contribution in [0.3, 0.4) is 0 Å². The van der Waals surface area contributed by atoms with Crippen molar-refractivity contribution in [3.05, 3.63) is 47.4 Å². The lowest BCUT2D eigenvalue weighted by Gasteiger charge is -2.08. The molecule has 0 fully saturated rings. The number of imidazole rings is 1. The highest BCUT2D eigenvalue weighted by atomic mass is 19.2. The zero-order chi connectivity index (χ0) is 13.7. The van der Waals surface area contributed by atoms with Crippen molar-refractivity contribution in [2.75, 3.05) is 6.54 Å². The number of H-pyrrole nitrogens is 1. The van der Waals surface area contributed by atoms with E-state index in [1.165, 1.54) is 6.07 Å². The number of hydrogen-bond donors (Lipinski definition) is 1. The Hall–Kier alpha value is -2.57. The van der Waals surface area contributed by atoms with Crippen molar-refractivity contribution in [1.82, 2.24) is 15.0 Å². The lowest BCUT2D eigenvalue weighted by atomic mass is 10.1. The summed E-state index contributed by atoms with van der Waals surface area (Å²) in [7, 11) is 0. The number of oxazole rings is 1. The monoisotopic (exact) mass is 274 g/mol. The van der Waals surface area contributed by atoms with Gasteiger partial charge in [0.25, 0.3) is 0 Å². The highest BCUT2D eigenvalue weighted by Crippen LogP contribution is 2.24. The molecule has 20 heavy (non-hydrogen) atoms. The van der Waals surface area contributed by atoms with Crippen LogP contribution in [0.4, 0.5) is 8.78 Å². The average Bonchev–Trinajstić information content (AvgIpc) is 3.09. The van der Waals surface area contributed by atoms with Gasteiger partial charge in [-0.25, -0.2) is 18.7 Å². The Balaban J connectivity index is 1.92. The van der Waals surface area contributed by atoms with Crippen LogP contribution < -0.4 is 0 Å². The number of aliphatic imine (C=N–C) groups is 1. The van der Waals surface area contributed by atoms with E-state index < -0.39 is 11.6 Å². The number of aromatic nitrogens is 3. The third kappa shape index (κ3) is 1.49. The molecule has 5 nitrogen and oxygen atoms in total. The van der Waals surface area contributed by atoms with Crippen LogP contribution in [0.15, 0.2) is 27.9 Å². The first-order valence-corrected chi connectivity index (χ1v) is 6.06. The molecule has 1 aliphatic rings. The standard InChI is InChI=1S/C13H8F2N4O/c14-6-1-2-8-11(9(6)15)19-13(20-8)12-10-7(3-4-16-12)17-5-18-10/h1-2,5H,3-4H2,(H,17,18). The summed E-state index contributed by atoms with van der Waals surface area (Å²) in [5.41, 5.74) is 2.09. The second-order valence-electron chi connectivity index (χ2n) is 4.44. The largest absolute Gasteiger partial charge is 0.435 e. The molecule has 1 N–H and O–H groups in total. The van der Waals surface area contributed by atoms with E-state index in [0.29, 0.717) is 18.0 Å². The van der Waals surface area contributed by atoms with Gasteiger partial charge in [-0.05, 0) is 12.1 Å². The number of nitrogens with zero attached hydrogens (tertiary/aromatic N) is 3. The van der Waals surface area contributed by atoms with Gasteiger partial charge in [-0.1, -0.05) is 0 Å². The van der Waals surface area contributed by atoms with Crippen molar-refractivity contribution in [2.45, 2.75) is 6.42 Å². The number of hydrogen-bond acceptors (Lipinski definition) is 4. The molecule has 100 valence electrons. The highest BCUT2D eigenvalue weighted by molar-refractivity contribution is 6.10. The first-order chi connectivity index (χ1) is 9.74. The third-order valence-corrected chi connectivity index (χ3v) is 3.23. The van der Waals surface area contributed by atoms with Gasteiger partial charge in [-0.3, -0.25) is 4.99 Å². The van der Waals surface area contributed by atoms with E-state index in [4.69, 9.17) is 4.42 Å². The molecule has 0 saturated heterocycles. The molecule has 4 rings (SSSR count). The maximum absolute atomic E-state index is 13.7. The average molecular weight is 274 g/mol. The van der Waals surface area contributed by atoms with E-state index in [1.807, 2.05) is 0 Å². The lowest BCUT2D eigenvalue weighted by molar-refractivity contribution is 0.514. The summed E-state index contributed by atoms with van der Waals surface area (Å²) in [6.45, 7) is 0.570. The molecule has 7 heteroatoms. The van der Waals surface area contributed by atoms with Crippen LogP contribution in [0.2, 0.25) is 0 Å². The molecule has 0 unspecified atom stereocenters. The topological polar surface area (TPSA) is 67.1 Å². The molecule has 0 aliphatic carbocycles. The van der Waals surface area contributed by atoms with Gasteiger partial charge in [-0.2, -0.15) is 0 Å². The molecule has 0 spiro atoms. The normalized spacial score (nSPS) is 14.4. The minimum Gasteiger partial charge on any atom is -0.435 e. The van der Waals surface area contributed by atoms with E-state index in [-0.39, 0.29) is 17.0 Å². The minimum atomic E-state index is -1.02. The van der Waals surface area contributed by atoms with Crippen LogP contribution >= 0.6 is 0 Å². The Morgan fingerprint density at radius 3 is 3.05 bits per heavy atom. The Morgan fingerprint density at radius 1 is 1.25 bits per heavy atom. The van der Waals surface area contributed by atoms with E-state index in [9.17, 15) is 8.78 Å². The van der Waals surface area contributed by atoms with Crippen molar-refractivity contribution < 1.29 is 13.2 Å². The Morgan fingerprint density at radius 2 is 2.15 bits per heavy atom. The van der Waals surface area contributed by atoms with E-state index in [0.717, 1.165) is 18.2 Å². The summed E-state index contributed by atoms with van der Waals surface area (Å²) in [5.74, 6) is -1.82. The lowest BCUT2D eigenvalue weighted by Crippen LogP contribution is -2.14. The maximum atomic E-state index is 13.7. The summed E-state index contributed by atoms with van der Waals surface area (Å²) in [4.78, 5) is 15.5. The smallest absolute Gasteiger partial charge is 0.248 e. The van der Waals surface area contributed by atoms with Gasteiger partial charge in [0.2, 0.25) is 5.89 Å². The van der Waals surface area contributed by atoms with Crippen molar-refractivity contribution in [1.29, 1.82) is 0 Å². The van der Waals surface area contributed by atoms with E-state index >= 15 is 0 Å². The molecule has 1 aromatic carbocycles. The van der Waals surface area contributed by atoms with Gasteiger partial charge in [0.1, 0.15) is 16.9 Å². The summed E-state index contributed by atoms with van der Waals surface area (Å²) >= 11 is 0. The summed E-state index contributed by atoms with van der Waals surface area (Å²) in [6, 6.07) is 2.36. The second-order valence-corrected chi connectivity index (χ2v) is 4.44. The van der Waals surface area contributed by atoms with Crippen molar-refractivity contribution >= 4 is 16.8 Å². The fourth-order valence-electron chi connectivity index (χ4n) is 2.28. The second kappa shape index (κ2) is 3.96. The number of aromatic amines is 1. The van der Waals surface area contributed by atoms with Gasteiger partial charge >= 0.3 is 0 Å². The Bertz CT molecular complexity index is 849. The van der Waals surface area contributed by atoms with Crippen LogP contribution in [0.1, 0.15) is 17.3 Å². The van der Waals surface area contributed by atoms with Gasteiger partial charge < -0.3 is 9.40 Å². The van der Waals surface area contributed by atoms with Crippen LogP contribution in [0, 0.1) is 11.6 Å². The number of halogens is 2. The minimum absolute atomic E-state index is 0.134. The molecule has 3 aromatic rings. The Kier molecular flexibility index (Phi) is 2.23. The predicted molar refractivity (Wildman–Crippen MR) is 66.7 cm³/mol. The van der Waals surface area contributed by atoms with Crippen LogP contribution in [0.25, 0.3) is 11.1 Å². The molecular formula is C13H8F2N4O. The number of benzene rings is 1. The Labute approximate surface area is 111 Å². The molecule has 0 amide bonds. The zero-order valence-electron chi connectivity index (χ0n) is 10.2.